The zero-order chi connectivity index (χ0) is 9.53. The molecule has 2 atom stereocenters. The third kappa shape index (κ3) is 3.23. The van der Waals surface area contributed by atoms with Crippen molar-refractivity contribution in [2.24, 2.45) is 5.41 Å². The number of hydrogen-bond acceptors (Lipinski definition) is 2. The van der Waals surface area contributed by atoms with Crippen LogP contribution in [-0.2, 0) is 0 Å². The van der Waals surface area contributed by atoms with Crippen molar-refractivity contribution in [3.8, 4) is 0 Å². The number of rotatable bonds is 1. The molecule has 0 amide bonds. The van der Waals surface area contributed by atoms with E-state index in [1.54, 1.807) is 0 Å². The van der Waals surface area contributed by atoms with E-state index in [1.165, 1.54) is 32.4 Å². The predicted octanol–water partition coefficient (Wildman–Crippen LogP) is 2.36. The normalized spacial score (nSPS) is 38.2. The lowest BCUT2D eigenvalue weighted by Crippen LogP contribution is -2.46. The first-order valence-corrected chi connectivity index (χ1v) is 5.50. The van der Waals surface area contributed by atoms with Crippen LogP contribution in [0.2, 0.25) is 0 Å². The van der Waals surface area contributed by atoms with E-state index in [2.05, 4.69) is 31.4 Å². The summed E-state index contributed by atoms with van der Waals surface area (Å²) in [5.41, 5.74) is 0.879. The fourth-order valence-electron chi connectivity index (χ4n) is 2.78. The molecule has 2 saturated heterocycles. The molecule has 0 aromatic heterocycles. The lowest BCUT2D eigenvalue weighted by atomic mass is 9.81. The molecule has 2 rings (SSSR count). The fraction of sp³-hybridized carbons (Fsp3) is 1.00. The Bertz CT molecular complexity index is 201. The monoisotopic (exact) mass is 254 g/mol. The van der Waals surface area contributed by atoms with Crippen LogP contribution in [0.4, 0.5) is 0 Å². The smallest absolute Gasteiger partial charge is 0.0139 e. The maximum Gasteiger partial charge on any atom is 0.0139 e. The maximum absolute atomic E-state index is 3.77. The van der Waals surface area contributed by atoms with Crippen LogP contribution in [0.1, 0.15) is 40.0 Å². The molecular weight excluding hydrogens is 231 g/mol. The molecular formula is C11H24Cl2N2. The van der Waals surface area contributed by atoms with Gasteiger partial charge in [-0.15, -0.1) is 24.8 Å². The third-order valence-electron chi connectivity index (χ3n) is 3.87. The number of nitrogens with one attached hydrogen (secondary N) is 2. The molecule has 0 saturated carbocycles. The summed E-state index contributed by atoms with van der Waals surface area (Å²) < 4.78 is 0. The van der Waals surface area contributed by atoms with Crippen molar-refractivity contribution in [1.29, 1.82) is 0 Å². The summed E-state index contributed by atoms with van der Waals surface area (Å²) in [4.78, 5) is 0. The van der Waals surface area contributed by atoms with Gasteiger partial charge in [0.25, 0.3) is 0 Å². The Labute approximate surface area is 106 Å². The van der Waals surface area contributed by atoms with Crippen LogP contribution in [0.25, 0.3) is 0 Å². The summed E-state index contributed by atoms with van der Waals surface area (Å²) in [6, 6.07) is 0.734. The van der Waals surface area contributed by atoms with Gasteiger partial charge in [0.2, 0.25) is 0 Å². The first kappa shape index (κ1) is 15.5. The molecule has 2 N–H and O–H groups in total. The second kappa shape index (κ2) is 5.22. The van der Waals surface area contributed by atoms with E-state index >= 15 is 0 Å². The third-order valence-corrected chi connectivity index (χ3v) is 3.87. The van der Waals surface area contributed by atoms with E-state index in [0.29, 0.717) is 11.0 Å². The summed E-state index contributed by atoms with van der Waals surface area (Å²) in [6.45, 7) is 9.46. The molecule has 0 aromatic rings. The molecule has 15 heavy (non-hydrogen) atoms. The molecule has 0 aromatic carbocycles. The highest BCUT2D eigenvalue weighted by Crippen LogP contribution is 2.37. The SMILES string of the molecule is CC1(C)CCC(C2(C)CCNC2)N1.Cl.Cl. The topological polar surface area (TPSA) is 24.1 Å². The van der Waals surface area contributed by atoms with Crippen LogP contribution < -0.4 is 10.6 Å². The number of hydrogen-bond donors (Lipinski definition) is 2. The van der Waals surface area contributed by atoms with Gasteiger partial charge in [0.05, 0.1) is 0 Å². The van der Waals surface area contributed by atoms with E-state index in [4.69, 9.17) is 0 Å². The molecule has 2 unspecified atom stereocenters. The lowest BCUT2D eigenvalue weighted by molar-refractivity contribution is 0.243. The van der Waals surface area contributed by atoms with E-state index in [0.717, 1.165) is 6.04 Å². The molecule has 2 nitrogen and oxygen atoms in total. The molecule has 0 spiro atoms. The van der Waals surface area contributed by atoms with E-state index < -0.39 is 0 Å². The van der Waals surface area contributed by atoms with Gasteiger partial charge >= 0.3 is 0 Å². The number of halogens is 2. The van der Waals surface area contributed by atoms with Crippen molar-refractivity contribution < 1.29 is 0 Å². The zero-order valence-corrected chi connectivity index (χ0v) is 11.6. The van der Waals surface area contributed by atoms with Crippen molar-refractivity contribution in [3.63, 3.8) is 0 Å². The van der Waals surface area contributed by atoms with Gasteiger partial charge < -0.3 is 10.6 Å². The van der Waals surface area contributed by atoms with Crippen LogP contribution in [0.5, 0.6) is 0 Å². The molecule has 0 radical (unpaired) electrons. The summed E-state index contributed by atoms with van der Waals surface area (Å²) in [7, 11) is 0. The van der Waals surface area contributed by atoms with Crippen molar-refractivity contribution in [2.45, 2.75) is 51.6 Å². The highest BCUT2D eigenvalue weighted by molar-refractivity contribution is 5.85. The Kier molecular flexibility index (Phi) is 5.39. The zero-order valence-electron chi connectivity index (χ0n) is 9.93. The predicted molar refractivity (Wildman–Crippen MR) is 70.3 cm³/mol. The Morgan fingerprint density at radius 1 is 1.07 bits per heavy atom. The summed E-state index contributed by atoms with van der Waals surface area (Å²) in [5.74, 6) is 0. The van der Waals surface area contributed by atoms with Crippen LogP contribution in [-0.4, -0.2) is 24.7 Å². The van der Waals surface area contributed by atoms with Crippen molar-refractivity contribution in [2.75, 3.05) is 13.1 Å². The van der Waals surface area contributed by atoms with Gasteiger partial charge in [0, 0.05) is 18.1 Å². The Hall–Kier alpha value is 0.500. The Morgan fingerprint density at radius 3 is 2.13 bits per heavy atom. The molecule has 92 valence electrons. The van der Waals surface area contributed by atoms with E-state index in [-0.39, 0.29) is 24.8 Å². The quantitative estimate of drug-likeness (QED) is 0.751. The summed E-state index contributed by atoms with van der Waals surface area (Å²) >= 11 is 0. The fourth-order valence-corrected chi connectivity index (χ4v) is 2.78. The van der Waals surface area contributed by atoms with E-state index in [1.807, 2.05) is 0 Å². The Balaban J connectivity index is 0.000000980. The van der Waals surface area contributed by atoms with Crippen molar-refractivity contribution in [3.05, 3.63) is 0 Å². The minimum Gasteiger partial charge on any atom is -0.316 e. The van der Waals surface area contributed by atoms with Crippen LogP contribution >= 0.6 is 24.8 Å². The molecule has 2 aliphatic heterocycles. The molecule has 4 heteroatoms. The minimum absolute atomic E-state index is 0. The van der Waals surface area contributed by atoms with Gasteiger partial charge in [-0.25, -0.2) is 0 Å². The second-order valence-corrected chi connectivity index (χ2v) is 5.70. The molecule has 0 aliphatic carbocycles. The van der Waals surface area contributed by atoms with Crippen molar-refractivity contribution >= 4 is 24.8 Å². The lowest BCUT2D eigenvalue weighted by Gasteiger charge is -2.32. The first-order valence-electron chi connectivity index (χ1n) is 5.50. The van der Waals surface area contributed by atoms with Gasteiger partial charge in [-0.05, 0) is 45.1 Å². The van der Waals surface area contributed by atoms with Gasteiger partial charge in [-0.3, -0.25) is 0 Å². The second-order valence-electron chi connectivity index (χ2n) is 5.70. The average molecular weight is 255 g/mol. The van der Waals surface area contributed by atoms with Crippen LogP contribution in [0, 0.1) is 5.41 Å². The van der Waals surface area contributed by atoms with Gasteiger partial charge in [0.15, 0.2) is 0 Å². The minimum atomic E-state index is 0. The highest BCUT2D eigenvalue weighted by atomic mass is 35.5. The molecule has 0 bridgehead atoms. The largest absolute Gasteiger partial charge is 0.316 e. The first-order chi connectivity index (χ1) is 6.02. The highest BCUT2D eigenvalue weighted by Gasteiger charge is 2.42. The summed E-state index contributed by atoms with van der Waals surface area (Å²) in [5, 5.41) is 7.25. The Morgan fingerprint density at radius 2 is 1.73 bits per heavy atom. The van der Waals surface area contributed by atoms with Crippen molar-refractivity contribution in [1.82, 2.24) is 10.6 Å². The van der Waals surface area contributed by atoms with Gasteiger partial charge in [0.1, 0.15) is 0 Å². The average Bonchev–Trinajstić information content (AvgIpc) is 2.58. The maximum atomic E-state index is 3.77. The molecule has 2 aliphatic rings. The van der Waals surface area contributed by atoms with Crippen LogP contribution in [0.15, 0.2) is 0 Å². The van der Waals surface area contributed by atoms with Gasteiger partial charge in [-0.1, -0.05) is 6.92 Å². The van der Waals surface area contributed by atoms with Gasteiger partial charge in [-0.2, -0.15) is 0 Å². The molecule has 2 fully saturated rings. The van der Waals surface area contributed by atoms with E-state index in [9.17, 15) is 0 Å². The standard InChI is InChI=1S/C11H22N2.2ClH/c1-10(2)5-4-9(13-10)11(3)6-7-12-8-11;;/h9,12-13H,4-8H2,1-3H3;2*1H. The summed E-state index contributed by atoms with van der Waals surface area (Å²) in [6.07, 6.45) is 4.01. The molecule has 2 heterocycles. The van der Waals surface area contributed by atoms with Crippen LogP contribution in [0.3, 0.4) is 0 Å².